The van der Waals surface area contributed by atoms with E-state index in [2.05, 4.69) is 24.4 Å². The second-order valence-electron chi connectivity index (χ2n) is 4.87. The molecule has 0 unspecified atom stereocenters. The molecule has 0 radical (unpaired) electrons. The SMILES string of the molecule is CC1(Oc2cccc3c2NCCC3)COC1. The molecule has 1 aromatic rings. The summed E-state index contributed by atoms with van der Waals surface area (Å²) < 4.78 is 11.3. The summed E-state index contributed by atoms with van der Waals surface area (Å²) >= 11 is 0. The van der Waals surface area contributed by atoms with E-state index < -0.39 is 0 Å². The fraction of sp³-hybridized carbons (Fsp3) is 0.538. The number of hydrogen-bond donors (Lipinski definition) is 1. The normalized spacial score (nSPS) is 21.6. The van der Waals surface area contributed by atoms with Crippen molar-refractivity contribution in [2.45, 2.75) is 25.4 Å². The van der Waals surface area contributed by atoms with Crippen LogP contribution in [0.25, 0.3) is 0 Å². The summed E-state index contributed by atoms with van der Waals surface area (Å²) in [5, 5.41) is 3.44. The maximum Gasteiger partial charge on any atom is 0.153 e. The second kappa shape index (κ2) is 3.67. The Bertz CT molecular complexity index is 399. The maximum atomic E-state index is 6.05. The smallest absolute Gasteiger partial charge is 0.153 e. The summed E-state index contributed by atoms with van der Waals surface area (Å²) in [6.45, 7) is 4.52. The van der Waals surface area contributed by atoms with Gasteiger partial charge in [0.1, 0.15) is 5.75 Å². The van der Waals surface area contributed by atoms with Crippen molar-refractivity contribution in [3.63, 3.8) is 0 Å². The lowest BCUT2D eigenvalue weighted by molar-refractivity contribution is -0.149. The van der Waals surface area contributed by atoms with Crippen molar-refractivity contribution >= 4 is 5.69 Å². The Hall–Kier alpha value is -1.22. The van der Waals surface area contributed by atoms with E-state index in [-0.39, 0.29) is 5.60 Å². The molecule has 0 bridgehead atoms. The third kappa shape index (κ3) is 1.65. The molecule has 2 heterocycles. The largest absolute Gasteiger partial charge is 0.481 e. The van der Waals surface area contributed by atoms with E-state index in [1.54, 1.807) is 0 Å². The third-order valence-corrected chi connectivity index (χ3v) is 3.21. The third-order valence-electron chi connectivity index (χ3n) is 3.21. The number of nitrogens with one attached hydrogen (secondary N) is 1. The van der Waals surface area contributed by atoms with Crippen LogP contribution in [0.4, 0.5) is 5.69 Å². The van der Waals surface area contributed by atoms with Gasteiger partial charge < -0.3 is 14.8 Å². The lowest BCUT2D eigenvalue weighted by Crippen LogP contribution is -2.51. The van der Waals surface area contributed by atoms with Crippen molar-refractivity contribution in [3.05, 3.63) is 23.8 Å². The Labute approximate surface area is 95.8 Å². The highest BCUT2D eigenvalue weighted by molar-refractivity contribution is 5.63. The number of hydrogen-bond acceptors (Lipinski definition) is 3. The van der Waals surface area contributed by atoms with Gasteiger partial charge in [0, 0.05) is 6.54 Å². The summed E-state index contributed by atoms with van der Waals surface area (Å²) in [6.07, 6.45) is 2.35. The number of anilines is 1. The fourth-order valence-corrected chi connectivity index (χ4v) is 2.28. The average molecular weight is 219 g/mol. The van der Waals surface area contributed by atoms with Gasteiger partial charge in [0.2, 0.25) is 0 Å². The zero-order valence-electron chi connectivity index (χ0n) is 9.58. The van der Waals surface area contributed by atoms with E-state index in [1.807, 2.05) is 6.07 Å². The molecule has 0 saturated carbocycles. The molecule has 1 N–H and O–H groups in total. The predicted octanol–water partition coefficient (Wildman–Crippen LogP) is 2.21. The number of para-hydroxylation sites is 1. The van der Waals surface area contributed by atoms with Crippen molar-refractivity contribution in [2.24, 2.45) is 0 Å². The molecule has 2 aliphatic rings. The molecule has 0 aliphatic carbocycles. The first kappa shape index (κ1) is 9.97. The minimum absolute atomic E-state index is 0.131. The Morgan fingerprint density at radius 2 is 2.25 bits per heavy atom. The lowest BCUT2D eigenvalue weighted by atomic mass is 10.0. The molecular formula is C13H17NO2. The number of benzene rings is 1. The second-order valence-corrected chi connectivity index (χ2v) is 4.87. The van der Waals surface area contributed by atoms with Gasteiger partial charge in [-0.15, -0.1) is 0 Å². The molecule has 16 heavy (non-hydrogen) atoms. The molecule has 1 aromatic carbocycles. The molecule has 1 fully saturated rings. The van der Waals surface area contributed by atoms with Gasteiger partial charge in [-0.3, -0.25) is 0 Å². The topological polar surface area (TPSA) is 30.5 Å². The maximum absolute atomic E-state index is 6.05. The van der Waals surface area contributed by atoms with E-state index >= 15 is 0 Å². The first-order valence-corrected chi connectivity index (χ1v) is 5.89. The van der Waals surface area contributed by atoms with E-state index in [9.17, 15) is 0 Å². The van der Waals surface area contributed by atoms with E-state index in [1.165, 1.54) is 17.7 Å². The molecule has 3 rings (SSSR count). The molecule has 3 nitrogen and oxygen atoms in total. The summed E-state index contributed by atoms with van der Waals surface area (Å²) in [6, 6.07) is 6.29. The van der Waals surface area contributed by atoms with E-state index in [0.717, 1.165) is 18.7 Å². The first-order chi connectivity index (χ1) is 7.77. The number of aryl methyl sites for hydroxylation is 1. The summed E-state index contributed by atoms with van der Waals surface area (Å²) in [5.41, 5.74) is 2.42. The van der Waals surface area contributed by atoms with Crippen molar-refractivity contribution in [1.29, 1.82) is 0 Å². The van der Waals surface area contributed by atoms with Gasteiger partial charge in [0.05, 0.1) is 18.9 Å². The highest BCUT2D eigenvalue weighted by Gasteiger charge is 2.36. The van der Waals surface area contributed by atoms with Gasteiger partial charge in [-0.1, -0.05) is 12.1 Å². The molecular weight excluding hydrogens is 202 g/mol. The van der Waals surface area contributed by atoms with Crippen molar-refractivity contribution in [3.8, 4) is 5.75 Å². The van der Waals surface area contributed by atoms with Gasteiger partial charge in [-0.25, -0.2) is 0 Å². The predicted molar refractivity (Wildman–Crippen MR) is 63.1 cm³/mol. The number of rotatable bonds is 2. The Balaban J connectivity index is 1.88. The van der Waals surface area contributed by atoms with Gasteiger partial charge in [0.15, 0.2) is 5.60 Å². The van der Waals surface area contributed by atoms with Gasteiger partial charge >= 0.3 is 0 Å². The van der Waals surface area contributed by atoms with Crippen LogP contribution in [-0.2, 0) is 11.2 Å². The van der Waals surface area contributed by atoms with Crippen molar-refractivity contribution in [2.75, 3.05) is 25.1 Å². The van der Waals surface area contributed by atoms with Crippen LogP contribution in [0, 0.1) is 0 Å². The Morgan fingerprint density at radius 1 is 1.38 bits per heavy atom. The summed E-state index contributed by atoms with van der Waals surface area (Å²) in [4.78, 5) is 0. The average Bonchev–Trinajstić information content (AvgIpc) is 2.27. The van der Waals surface area contributed by atoms with Crippen LogP contribution >= 0.6 is 0 Å². The zero-order valence-corrected chi connectivity index (χ0v) is 9.58. The van der Waals surface area contributed by atoms with Crippen LogP contribution in [0.5, 0.6) is 5.75 Å². The monoisotopic (exact) mass is 219 g/mol. The molecule has 1 saturated heterocycles. The van der Waals surface area contributed by atoms with Crippen LogP contribution in [-0.4, -0.2) is 25.4 Å². The molecule has 0 spiro atoms. The van der Waals surface area contributed by atoms with Crippen molar-refractivity contribution in [1.82, 2.24) is 0 Å². The van der Waals surface area contributed by atoms with E-state index in [0.29, 0.717) is 13.2 Å². The van der Waals surface area contributed by atoms with Crippen LogP contribution < -0.4 is 10.1 Å². The number of fused-ring (bicyclic) bond motifs is 1. The van der Waals surface area contributed by atoms with Gasteiger partial charge in [-0.2, -0.15) is 0 Å². The zero-order chi connectivity index (χ0) is 11.0. The fourth-order valence-electron chi connectivity index (χ4n) is 2.28. The molecule has 86 valence electrons. The summed E-state index contributed by atoms with van der Waals surface area (Å²) in [5.74, 6) is 0.975. The standard InChI is InChI=1S/C13H17NO2/c1-13(8-15-9-13)16-11-6-2-4-10-5-3-7-14-12(10)11/h2,4,6,14H,3,5,7-9H2,1H3. The van der Waals surface area contributed by atoms with Crippen LogP contribution in [0.15, 0.2) is 18.2 Å². The molecule has 2 aliphatic heterocycles. The molecule has 0 aromatic heterocycles. The van der Waals surface area contributed by atoms with Gasteiger partial charge in [-0.05, 0) is 31.4 Å². The quantitative estimate of drug-likeness (QED) is 0.827. The van der Waals surface area contributed by atoms with E-state index in [4.69, 9.17) is 9.47 Å². The Morgan fingerprint density at radius 3 is 3.00 bits per heavy atom. The van der Waals surface area contributed by atoms with Crippen molar-refractivity contribution < 1.29 is 9.47 Å². The lowest BCUT2D eigenvalue weighted by Gasteiger charge is -2.39. The first-order valence-electron chi connectivity index (χ1n) is 5.89. The van der Waals surface area contributed by atoms with Crippen LogP contribution in [0.2, 0.25) is 0 Å². The highest BCUT2D eigenvalue weighted by Crippen LogP contribution is 2.35. The Kier molecular flexibility index (Phi) is 2.28. The van der Waals surface area contributed by atoms with Crippen LogP contribution in [0.1, 0.15) is 18.9 Å². The molecule has 0 amide bonds. The summed E-state index contributed by atoms with van der Waals surface area (Å²) in [7, 11) is 0. The van der Waals surface area contributed by atoms with Crippen LogP contribution in [0.3, 0.4) is 0 Å². The number of ether oxygens (including phenoxy) is 2. The molecule has 0 atom stereocenters. The minimum atomic E-state index is -0.131. The molecule has 3 heteroatoms. The van der Waals surface area contributed by atoms with Gasteiger partial charge in [0.25, 0.3) is 0 Å². The highest BCUT2D eigenvalue weighted by atomic mass is 16.6. The minimum Gasteiger partial charge on any atom is -0.481 e.